The van der Waals surface area contributed by atoms with Gasteiger partial charge in [-0.25, -0.2) is 0 Å². The number of rotatable bonds is 3. The summed E-state index contributed by atoms with van der Waals surface area (Å²) in [5.74, 6) is 0. The SMILES string of the molecule is OCc1cc(C2=CCNC=C2)cc(C2=CCNC=C2)c1. The molecule has 0 unspecified atom stereocenters. The van der Waals surface area contributed by atoms with Crippen LogP contribution < -0.4 is 10.6 Å². The van der Waals surface area contributed by atoms with Crippen LogP contribution in [0, 0.1) is 0 Å². The molecule has 1 aromatic rings. The van der Waals surface area contributed by atoms with Gasteiger partial charge in [-0.05, 0) is 70.6 Å². The summed E-state index contributed by atoms with van der Waals surface area (Å²) in [5, 5.41) is 15.8. The average Bonchev–Trinajstić information content (AvgIpc) is 2.56. The lowest BCUT2D eigenvalue weighted by atomic mass is 9.94. The van der Waals surface area contributed by atoms with Gasteiger partial charge in [-0.3, -0.25) is 0 Å². The van der Waals surface area contributed by atoms with Crippen molar-refractivity contribution >= 4 is 11.1 Å². The maximum absolute atomic E-state index is 9.48. The molecule has 0 aliphatic carbocycles. The normalized spacial score (nSPS) is 17.1. The van der Waals surface area contributed by atoms with Gasteiger partial charge >= 0.3 is 0 Å². The summed E-state index contributed by atoms with van der Waals surface area (Å²) in [4.78, 5) is 0. The van der Waals surface area contributed by atoms with Crippen LogP contribution in [0.5, 0.6) is 0 Å². The Hall–Kier alpha value is -2.26. The van der Waals surface area contributed by atoms with Crippen molar-refractivity contribution in [3.8, 4) is 0 Å². The number of hydrogen-bond acceptors (Lipinski definition) is 3. The molecule has 3 heteroatoms. The second-order valence-electron chi connectivity index (χ2n) is 4.88. The highest BCUT2D eigenvalue weighted by Gasteiger charge is 2.08. The molecule has 0 saturated carbocycles. The minimum atomic E-state index is 0.0608. The van der Waals surface area contributed by atoms with Gasteiger partial charge in [0.05, 0.1) is 6.61 Å². The molecule has 1 aromatic carbocycles. The molecule has 3 N–H and O–H groups in total. The third-order valence-electron chi connectivity index (χ3n) is 3.48. The van der Waals surface area contributed by atoms with E-state index in [1.165, 1.54) is 11.1 Å². The second-order valence-corrected chi connectivity index (χ2v) is 4.88. The van der Waals surface area contributed by atoms with Crippen molar-refractivity contribution in [2.75, 3.05) is 13.1 Å². The van der Waals surface area contributed by atoms with E-state index in [2.05, 4.69) is 53.1 Å². The fourth-order valence-electron chi connectivity index (χ4n) is 2.45. The summed E-state index contributed by atoms with van der Waals surface area (Å²) in [5.41, 5.74) is 5.63. The number of allylic oxidation sites excluding steroid dienone is 4. The number of hydrogen-bond donors (Lipinski definition) is 3. The molecule has 0 bridgehead atoms. The van der Waals surface area contributed by atoms with E-state index in [1.54, 1.807) is 0 Å². The van der Waals surface area contributed by atoms with Crippen LogP contribution >= 0.6 is 0 Å². The number of aliphatic hydroxyl groups is 1. The lowest BCUT2D eigenvalue weighted by Crippen LogP contribution is -2.09. The lowest BCUT2D eigenvalue weighted by molar-refractivity contribution is 0.282. The van der Waals surface area contributed by atoms with Crippen molar-refractivity contribution in [1.29, 1.82) is 0 Å². The number of dihydropyridines is 2. The van der Waals surface area contributed by atoms with Gasteiger partial charge in [0.2, 0.25) is 0 Å². The summed E-state index contributed by atoms with van der Waals surface area (Å²) in [6.45, 7) is 1.75. The Bertz CT molecular complexity index is 574. The summed E-state index contributed by atoms with van der Waals surface area (Å²) >= 11 is 0. The van der Waals surface area contributed by atoms with E-state index < -0.39 is 0 Å². The van der Waals surface area contributed by atoms with Gasteiger partial charge in [0, 0.05) is 13.1 Å². The summed E-state index contributed by atoms with van der Waals surface area (Å²) in [6, 6.07) is 6.29. The first kappa shape index (κ1) is 12.8. The van der Waals surface area contributed by atoms with Crippen molar-refractivity contribution < 1.29 is 5.11 Å². The van der Waals surface area contributed by atoms with Crippen LogP contribution in [0.15, 0.2) is 54.9 Å². The third kappa shape index (κ3) is 2.68. The predicted molar refractivity (Wildman–Crippen MR) is 82.6 cm³/mol. The van der Waals surface area contributed by atoms with Gasteiger partial charge in [-0.2, -0.15) is 0 Å². The number of benzene rings is 1. The number of aliphatic hydroxyl groups excluding tert-OH is 1. The molecule has 2 aliphatic rings. The monoisotopic (exact) mass is 266 g/mol. The fourth-order valence-corrected chi connectivity index (χ4v) is 2.45. The Labute approximate surface area is 119 Å². The topological polar surface area (TPSA) is 44.3 Å². The number of nitrogens with one attached hydrogen (secondary N) is 2. The quantitative estimate of drug-likeness (QED) is 0.785. The van der Waals surface area contributed by atoms with Crippen molar-refractivity contribution in [3.05, 3.63) is 71.6 Å². The van der Waals surface area contributed by atoms with Crippen LogP contribution in [-0.2, 0) is 6.61 Å². The smallest absolute Gasteiger partial charge is 0.0682 e. The molecular weight excluding hydrogens is 248 g/mol. The molecule has 0 amide bonds. The summed E-state index contributed by atoms with van der Waals surface area (Å²) in [7, 11) is 0. The van der Waals surface area contributed by atoms with Gasteiger partial charge in [-0.1, -0.05) is 12.2 Å². The minimum absolute atomic E-state index is 0.0608. The molecule has 0 radical (unpaired) electrons. The summed E-state index contributed by atoms with van der Waals surface area (Å²) in [6.07, 6.45) is 12.4. The van der Waals surface area contributed by atoms with E-state index in [4.69, 9.17) is 0 Å². The van der Waals surface area contributed by atoms with Crippen LogP contribution in [0.1, 0.15) is 16.7 Å². The van der Waals surface area contributed by atoms with Crippen molar-refractivity contribution in [2.45, 2.75) is 6.61 Å². The van der Waals surface area contributed by atoms with Crippen LogP contribution in [0.4, 0.5) is 0 Å². The molecule has 2 aliphatic heterocycles. The summed E-state index contributed by atoms with van der Waals surface area (Å²) < 4.78 is 0. The zero-order valence-electron chi connectivity index (χ0n) is 11.3. The van der Waals surface area contributed by atoms with Gasteiger partial charge in [0.25, 0.3) is 0 Å². The lowest BCUT2D eigenvalue weighted by Gasteiger charge is -2.14. The zero-order valence-corrected chi connectivity index (χ0v) is 11.3. The molecule has 3 nitrogen and oxygen atoms in total. The molecule has 0 fully saturated rings. The molecular formula is C17H18N2O. The molecule has 3 rings (SSSR count). The van der Waals surface area contributed by atoms with Gasteiger partial charge in [-0.15, -0.1) is 0 Å². The highest BCUT2D eigenvalue weighted by atomic mass is 16.3. The first-order valence-electron chi connectivity index (χ1n) is 6.82. The van der Waals surface area contributed by atoms with Crippen LogP contribution in [0.2, 0.25) is 0 Å². The molecule has 0 aromatic heterocycles. The maximum Gasteiger partial charge on any atom is 0.0682 e. The molecule has 0 spiro atoms. The van der Waals surface area contributed by atoms with Gasteiger partial charge < -0.3 is 15.7 Å². The van der Waals surface area contributed by atoms with E-state index in [9.17, 15) is 5.11 Å². The Kier molecular flexibility index (Phi) is 3.70. The van der Waals surface area contributed by atoms with E-state index >= 15 is 0 Å². The predicted octanol–water partition coefficient (Wildman–Crippen LogP) is 2.18. The molecule has 2 heterocycles. The zero-order chi connectivity index (χ0) is 13.8. The van der Waals surface area contributed by atoms with E-state index in [0.29, 0.717) is 0 Å². The van der Waals surface area contributed by atoms with Crippen molar-refractivity contribution in [2.24, 2.45) is 0 Å². The van der Waals surface area contributed by atoms with Gasteiger partial charge in [0.15, 0.2) is 0 Å². The Morgan fingerprint density at radius 3 is 1.80 bits per heavy atom. The minimum Gasteiger partial charge on any atom is -0.392 e. The highest BCUT2D eigenvalue weighted by Crippen LogP contribution is 2.26. The van der Waals surface area contributed by atoms with E-state index in [1.807, 2.05) is 12.4 Å². The van der Waals surface area contributed by atoms with Crippen molar-refractivity contribution in [3.63, 3.8) is 0 Å². The highest BCUT2D eigenvalue weighted by molar-refractivity contribution is 5.81. The van der Waals surface area contributed by atoms with Gasteiger partial charge in [0.1, 0.15) is 0 Å². The largest absolute Gasteiger partial charge is 0.392 e. The van der Waals surface area contributed by atoms with Crippen LogP contribution in [0.25, 0.3) is 11.1 Å². The van der Waals surface area contributed by atoms with Crippen LogP contribution in [-0.4, -0.2) is 18.2 Å². The first-order valence-corrected chi connectivity index (χ1v) is 6.82. The third-order valence-corrected chi connectivity index (χ3v) is 3.48. The molecule has 0 atom stereocenters. The molecule has 0 saturated heterocycles. The first-order chi connectivity index (χ1) is 9.86. The van der Waals surface area contributed by atoms with E-state index in [-0.39, 0.29) is 6.61 Å². The molecule has 102 valence electrons. The average molecular weight is 266 g/mol. The van der Waals surface area contributed by atoms with Crippen molar-refractivity contribution in [1.82, 2.24) is 10.6 Å². The van der Waals surface area contributed by atoms with E-state index in [0.717, 1.165) is 29.8 Å². The maximum atomic E-state index is 9.48. The Morgan fingerprint density at radius 1 is 0.850 bits per heavy atom. The van der Waals surface area contributed by atoms with Crippen LogP contribution in [0.3, 0.4) is 0 Å². The Morgan fingerprint density at radius 2 is 1.40 bits per heavy atom. The molecule has 20 heavy (non-hydrogen) atoms. The Balaban J connectivity index is 2.02. The standard InChI is InChI=1S/C17H18N2O/c20-12-13-9-16(14-1-5-18-6-2-14)11-17(10-13)15-3-7-19-8-4-15/h1-5,7,9-11,18-20H,6,8,12H2. The second kappa shape index (κ2) is 5.80. The fraction of sp³-hybridized carbons (Fsp3) is 0.176.